The maximum absolute atomic E-state index is 11.5. The highest BCUT2D eigenvalue weighted by molar-refractivity contribution is 7.89. The first-order chi connectivity index (χ1) is 10.6. The molecule has 0 radical (unpaired) electrons. The second-order valence-corrected chi connectivity index (χ2v) is 6.17. The standard InChI is InChI=1S/C9H12N2O3S.C4H5ClO3/c1-2-11-15(13,14)8-5-3-7(4-6-8)9(10)12;5-2-3(6)1-4(7)8/h3-6,11H,2H2,1H3,(H2,10,12);1-2H2,(H,7,8). The molecule has 0 saturated carbocycles. The molecule has 0 bridgehead atoms. The van der Waals surface area contributed by atoms with E-state index in [1.165, 1.54) is 24.3 Å². The zero-order valence-corrected chi connectivity index (χ0v) is 13.9. The summed E-state index contributed by atoms with van der Waals surface area (Å²) in [7, 11) is -3.45. The number of carboxylic acids is 1. The minimum absolute atomic E-state index is 0.120. The molecule has 0 aliphatic carbocycles. The number of rotatable bonds is 7. The van der Waals surface area contributed by atoms with Crippen molar-refractivity contribution in [3.05, 3.63) is 29.8 Å². The molecule has 1 aromatic rings. The number of carbonyl (C=O) groups is 3. The number of ketones is 1. The van der Waals surface area contributed by atoms with Crippen LogP contribution in [0.15, 0.2) is 29.2 Å². The van der Waals surface area contributed by atoms with Gasteiger partial charge in [-0.3, -0.25) is 14.4 Å². The molecular formula is C13H17ClN2O6S. The SMILES string of the molecule is CCNS(=O)(=O)c1ccc(C(N)=O)cc1.O=C(O)CC(=O)CCl. The summed E-state index contributed by atoms with van der Waals surface area (Å²) in [6.07, 6.45) is -0.469. The summed E-state index contributed by atoms with van der Waals surface area (Å²) in [6, 6.07) is 5.45. The molecule has 10 heteroatoms. The largest absolute Gasteiger partial charge is 0.481 e. The van der Waals surface area contributed by atoms with Crippen LogP contribution in [-0.2, 0) is 19.6 Å². The number of nitrogens with one attached hydrogen (secondary N) is 1. The van der Waals surface area contributed by atoms with E-state index >= 15 is 0 Å². The first kappa shape index (κ1) is 21.0. The Balaban J connectivity index is 0.000000515. The third-order valence-corrected chi connectivity index (χ3v) is 4.14. The predicted octanol–water partition coefficient (Wildman–Crippen LogP) is 0.353. The van der Waals surface area contributed by atoms with Gasteiger partial charge in [0.25, 0.3) is 0 Å². The number of aliphatic carboxylic acids is 1. The molecule has 0 aliphatic rings. The Labute approximate surface area is 138 Å². The molecule has 8 nitrogen and oxygen atoms in total. The third-order valence-electron chi connectivity index (χ3n) is 2.28. The average Bonchev–Trinajstić information content (AvgIpc) is 2.47. The van der Waals surface area contributed by atoms with Gasteiger partial charge < -0.3 is 10.8 Å². The maximum Gasteiger partial charge on any atom is 0.310 e. The van der Waals surface area contributed by atoms with Crippen LogP contribution in [0.25, 0.3) is 0 Å². The van der Waals surface area contributed by atoms with E-state index in [0.717, 1.165) is 0 Å². The Bertz CT molecular complexity index is 658. The Kier molecular flexibility index (Phi) is 9.08. The van der Waals surface area contributed by atoms with Crippen LogP contribution in [0.4, 0.5) is 0 Å². The number of hydrogen-bond acceptors (Lipinski definition) is 5. The van der Waals surface area contributed by atoms with Gasteiger partial charge in [0.2, 0.25) is 15.9 Å². The van der Waals surface area contributed by atoms with Crippen molar-refractivity contribution in [2.24, 2.45) is 5.73 Å². The van der Waals surface area contributed by atoms with Crippen LogP contribution in [0.5, 0.6) is 0 Å². The van der Waals surface area contributed by atoms with Gasteiger partial charge in [-0.2, -0.15) is 0 Å². The Morgan fingerprint density at radius 3 is 2.04 bits per heavy atom. The molecular weight excluding hydrogens is 348 g/mol. The molecule has 0 heterocycles. The third kappa shape index (κ3) is 8.29. The van der Waals surface area contributed by atoms with Gasteiger partial charge in [0.1, 0.15) is 6.42 Å². The number of primary amides is 1. The first-order valence-electron chi connectivity index (χ1n) is 6.33. The van der Waals surface area contributed by atoms with E-state index in [2.05, 4.69) is 4.72 Å². The van der Waals surface area contributed by atoms with Crippen LogP contribution >= 0.6 is 11.6 Å². The number of hydrogen-bond donors (Lipinski definition) is 3. The average molecular weight is 365 g/mol. The van der Waals surface area contributed by atoms with Crippen LogP contribution in [-0.4, -0.2) is 43.6 Å². The summed E-state index contributed by atoms with van der Waals surface area (Å²) < 4.78 is 25.3. The predicted molar refractivity (Wildman–Crippen MR) is 83.8 cm³/mol. The van der Waals surface area contributed by atoms with Crippen molar-refractivity contribution >= 4 is 39.3 Å². The molecule has 1 amide bonds. The Hall–Kier alpha value is -1.97. The maximum atomic E-state index is 11.5. The van der Waals surface area contributed by atoms with Crippen LogP contribution in [0.2, 0.25) is 0 Å². The molecule has 0 spiro atoms. The van der Waals surface area contributed by atoms with Crippen molar-refractivity contribution in [3.8, 4) is 0 Å². The van der Waals surface area contributed by atoms with Crippen molar-refractivity contribution in [1.82, 2.24) is 4.72 Å². The molecule has 0 saturated heterocycles. The van der Waals surface area contributed by atoms with Gasteiger partial charge in [-0.15, -0.1) is 11.6 Å². The van der Waals surface area contributed by atoms with Crippen LogP contribution in [0.3, 0.4) is 0 Å². The second-order valence-electron chi connectivity index (χ2n) is 4.13. The zero-order valence-electron chi connectivity index (χ0n) is 12.3. The number of nitrogens with two attached hydrogens (primary N) is 1. The van der Waals surface area contributed by atoms with E-state index in [1.807, 2.05) is 0 Å². The lowest BCUT2D eigenvalue weighted by Gasteiger charge is -2.04. The molecule has 0 unspecified atom stereocenters. The topological polar surface area (TPSA) is 144 Å². The van der Waals surface area contributed by atoms with E-state index in [4.69, 9.17) is 22.4 Å². The molecule has 128 valence electrons. The van der Waals surface area contributed by atoms with Crippen LogP contribution < -0.4 is 10.5 Å². The van der Waals surface area contributed by atoms with Crippen molar-refractivity contribution in [3.63, 3.8) is 0 Å². The molecule has 1 rings (SSSR count). The molecule has 0 aliphatic heterocycles. The van der Waals surface area contributed by atoms with Crippen molar-refractivity contribution in [1.29, 1.82) is 0 Å². The number of carboxylic acid groups (broad SMARTS) is 1. The van der Waals surface area contributed by atoms with Gasteiger partial charge in [-0.05, 0) is 24.3 Å². The van der Waals surface area contributed by atoms with E-state index in [0.29, 0.717) is 6.54 Å². The fourth-order valence-corrected chi connectivity index (χ4v) is 2.42. The number of carbonyl (C=O) groups excluding carboxylic acids is 2. The normalized spacial score (nSPS) is 10.3. The summed E-state index contributed by atoms with van der Waals surface area (Å²) >= 11 is 4.98. The molecule has 0 fully saturated rings. The van der Waals surface area contributed by atoms with Gasteiger partial charge >= 0.3 is 5.97 Å². The number of halogens is 1. The van der Waals surface area contributed by atoms with Gasteiger partial charge in [-0.1, -0.05) is 6.92 Å². The summed E-state index contributed by atoms with van der Waals surface area (Å²) in [5, 5.41) is 7.94. The minimum atomic E-state index is -3.45. The fraction of sp³-hybridized carbons (Fsp3) is 0.308. The van der Waals surface area contributed by atoms with Crippen molar-refractivity contribution in [2.45, 2.75) is 18.2 Å². The second kappa shape index (κ2) is 9.93. The Morgan fingerprint density at radius 1 is 1.22 bits per heavy atom. The van der Waals surface area contributed by atoms with E-state index in [1.54, 1.807) is 6.92 Å². The minimum Gasteiger partial charge on any atom is -0.481 e. The number of Topliss-reactive ketones (excluding diaryl/α,β-unsaturated/α-hetero) is 1. The first-order valence-corrected chi connectivity index (χ1v) is 8.34. The molecule has 23 heavy (non-hydrogen) atoms. The fourth-order valence-electron chi connectivity index (χ4n) is 1.29. The number of amides is 1. The lowest BCUT2D eigenvalue weighted by molar-refractivity contribution is -0.139. The highest BCUT2D eigenvalue weighted by atomic mass is 35.5. The number of sulfonamides is 1. The van der Waals surface area contributed by atoms with Gasteiger partial charge in [0, 0.05) is 12.1 Å². The highest BCUT2D eigenvalue weighted by Crippen LogP contribution is 2.09. The lowest BCUT2D eigenvalue weighted by atomic mass is 10.2. The van der Waals surface area contributed by atoms with E-state index in [9.17, 15) is 22.8 Å². The van der Waals surface area contributed by atoms with Crippen LogP contribution in [0.1, 0.15) is 23.7 Å². The van der Waals surface area contributed by atoms with Gasteiger partial charge in [0.05, 0.1) is 10.8 Å². The number of alkyl halides is 1. The van der Waals surface area contributed by atoms with E-state index in [-0.39, 0.29) is 16.3 Å². The monoisotopic (exact) mass is 364 g/mol. The quantitative estimate of drug-likeness (QED) is 0.470. The summed E-state index contributed by atoms with van der Waals surface area (Å²) in [5.74, 6) is -2.39. The highest BCUT2D eigenvalue weighted by Gasteiger charge is 2.12. The van der Waals surface area contributed by atoms with E-state index < -0.39 is 34.1 Å². The summed E-state index contributed by atoms with van der Waals surface area (Å²) in [6.45, 7) is 2.01. The summed E-state index contributed by atoms with van der Waals surface area (Å²) in [5.41, 5.74) is 5.31. The van der Waals surface area contributed by atoms with Gasteiger partial charge in [-0.25, -0.2) is 13.1 Å². The molecule has 0 atom stereocenters. The molecule has 4 N–H and O–H groups in total. The van der Waals surface area contributed by atoms with Crippen molar-refractivity contribution < 1.29 is 27.9 Å². The molecule has 0 aromatic heterocycles. The molecule has 1 aromatic carbocycles. The Morgan fingerprint density at radius 2 is 1.74 bits per heavy atom. The summed E-state index contributed by atoms with van der Waals surface area (Å²) in [4.78, 5) is 30.7. The smallest absolute Gasteiger partial charge is 0.310 e. The lowest BCUT2D eigenvalue weighted by Crippen LogP contribution is -2.23. The zero-order chi connectivity index (χ0) is 18.0. The van der Waals surface area contributed by atoms with Gasteiger partial charge in [0.15, 0.2) is 5.78 Å². The van der Waals surface area contributed by atoms with Crippen LogP contribution in [0, 0.1) is 0 Å². The number of benzene rings is 1. The van der Waals surface area contributed by atoms with Crippen molar-refractivity contribution in [2.75, 3.05) is 12.4 Å².